The Bertz CT molecular complexity index is 939. The molecule has 0 saturated carbocycles. The summed E-state index contributed by atoms with van der Waals surface area (Å²) in [5.41, 5.74) is 1.51. The molecule has 2 unspecified atom stereocenters. The van der Waals surface area contributed by atoms with Gasteiger partial charge in [0.15, 0.2) is 5.82 Å². The van der Waals surface area contributed by atoms with Gasteiger partial charge in [0.05, 0.1) is 6.04 Å². The third kappa shape index (κ3) is 2.39. The van der Waals surface area contributed by atoms with Crippen molar-refractivity contribution in [3.05, 3.63) is 60.4 Å². The van der Waals surface area contributed by atoms with Gasteiger partial charge >= 0.3 is 0 Å². The fourth-order valence-electron chi connectivity index (χ4n) is 4.12. The molecule has 0 aliphatic carbocycles. The zero-order valence-electron chi connectivity index (χ0n) is 14.2. The van der Waals surface area contributed by atoms with Crippen LogP contribution in [0.15, 0.2) is 48.9 Å². The number of fused-ring (bicyclic) bond motifs is 3. The summed E-state index contributed by atoms with van der Waals surface area (Å²) in [4.78, 5) is 23.1. The van der Waals surface area contributed by atoms with Crippen LogP contribution in [0.3, 0.4) is 0 Å². The first-order valence-electron chi connectivity index (χ1n) is 8.87. The third-order valence-electron chi connectivity index (χ3n) is 5.33. The van der Waals surface area contributed by atoms with Crippen molar-refractivity contribution < 1.29 is 4.79 Å². The Kier molecular flexibility index (Phi) is 3.51. The average molecular weight is 346 g/mol. The number of rotatable bonds is 2. The minimum absolute atomic E-state index is 0.0140. The van der Waals surface area contributed by atoms with Gasteiger partial charge in [-0.1, -0.05) is 30.3 Å². The quantitative estimate of drug-likeness (QED) is 0.709. The van der Waals surface area contributed by atoms with E-state index in [-0.39, 0.29) is 18.0 Å². The molecule has 130 valence electrons. The maximum Gasteiger partial charge on any atom is 0.273 e. The molecule has 26 heavy (non-hydrogen) atoms. The Morgan fingerprint density at radius 1 is 1.04 bits per heavy atom. The number of benzene rings is 1. The highest BCUT2D eigenvalue weighted by Crippen LogP contribution is 2.34. The summed E-state index contributed by atoms with van der Waals surface area (Å²) in [5.74, 6) is 1.82. The normalized spacial score (nSPS) is 21.3. The minimum Gasteiger partial charge on any atom is -0.329 e. The summed E-state index contributed by atoms with van der Waals surface area (Å²) >= 11 is 0. The van der Waals surface area contributed by atoms with Crippen molar-refractivity contribution in [2.45, 2.75) is 37.9 Å². The fraction of sp³-hybridized carbons (Fsp3) is 0.316. The minimum atomic E-state index is -0.0140. The second kappa shape index (κ2) is 6.01. The van der Waals surface area contributed by atoms with E-state index >= 15 is 0 Å². The van der Waals surface area contributed by atoms with E-state index in [0.717, 1.165) is 43.0 Å². The van der Waals surface area contributed by atoms with E-state index < -0.39 is 0 Å². The van der Waals surface area contributed by atoms with Crippen molar-refractivity contribution in [1.82, 2.24) is 29.6 Å². The van der Waals surface area contributed by atoms with Gasteiger partial charge in [0, 0.05) is 30.8 Å². The molecule has 2 aliphatic rings. The van der Waals surface area contributed by atoms with Gasteiger partial charge in [0.25, 0.3) is 5.91 Å². The second-order valence-corrected chi connectivity index (χ2v) is 6.81. The zero-order valence-corrected chi connectivity index (χ0v) is 14.2. The van der Waals surface area contributed by atoms with Crippen LogP contribution in [0.1, 0.15) is 29.2 Å². The van der Waals surface area contributed by atoms with Gasteiger partial charge in [-0.05, 0) is 18.9 Å². The Balaban J connectivity index is 1.50. The molecule has 4 heterocycles. The summed E-state index contributed by atoms with van der Waals surface area (Å²) in [7, 11) is 0. The SMILES string of the molecule is O=C(c1ccncn1)N1C2CCC1Cn1c(nnc1-c1ccccc1)C2. The largest absolute Gasteiger partial charge is 0.329 e. The van der Waals surface area contributed by atoms with E-state index in [4.69, 9.17) is 0 Å². The maximum atomic E-state index is 13.0. The fourth-order valence-corrected chi connectivity index (χ4v) is 4.12. The lowest BCUT2D eigenvalue weighted by Gasteiger charge is -2.27. The number of hydrogen-bond acceptors (Lipinski definition) is 5. The maximum absolute atomic E-state index is 13.0. The number of amides is 1. The molecule has 0 N–H and O–H groups in total. The van der Waals surface area contributed by atoms with E-state index in [1.165, 1.54) is 6.33 Å². The number of hydrogen-bond donors (Lipinski definition) is 0. The molecule has 7 heteroatoms. The Morgan fingerprint density at radius 2 is 1.88 bits per heavy atom. The van der Waals surface area contributed by atoms with Crippen molar-refractivity contribution in [1.29, 1.82) is 0 Å². The van der Waals surface area contributed by atoms with Crippen LogP contribution in [-0.2, 0) is 13.0 Å². The van der Waals surface area contributed by atoms with Gasteiger partial charge in [0.2, 0.25) is 0 Å². The predicted octanol–water partition coefficient (Wildman–Crippen LogP) is 1.96. The van der Waals surface area contributed by atoms with Crippen LogP contribution < -0.4 is 0 Å². The Morgan fingerprint density at radius 3 is 2.69 bits per heavy atom. The van der Waals surface area contributed by atoms with Crippen LogP contribution in [-0.4, -0.2) is 47.6 Å². The van der Waals surface area contributed by atoms with Crippen molar-refractivity contribution in [3.8, 4) is 11.4 Å². The van der Waals surface area contributed by atoms with Gasteiger partial charge in [-0.25, -0.2) is 9.97 Å². The molecule has 2 aliphatic heterocycles. The summed E-state index contributed by atoms with van der Waals surface area (Å²) in [6.07, 6.45) is 5.76. The van der Waals surface area contributed by atoms with Gasteiger partial charge in [-0.2, -0.15) is 0 Å². The Labute approximate surface area is 150 Å². The second-order valence-electron chi connectivity index (χ2n) is 6.81. The molecule has 2 atom stereocenters. The first-order chi connectivity index (χ1) is 12.8. The lowest BCUT2D eigenvalue weighted by molar-refractivity contribution is 0.0659. The van der Waals surface area contributed by atoms with Gasteiger partial charge in [-0.15, -0.1) is 10.2 Å². The molecule has 1 saturated heterocycles. The predicted molar refractivity (Wildman–Crippen MR) is 94.2 cm³/mol. The van der Waals surface area contributed by atoms with Crippen molar-refractivity contribution >= 4 is 5.91 Å². The molecule has 1 aromatic carbocycles. The highest BCUT2D eigenvalue weighted by molar-refractivity contribution is 5.92. The van der Waals surface area contributed by atoms with E-state index in [1.54, 1.807) is 12.3 Å². The van der Waals surface area contributed by atoms with Gasteiger partial charge < -0.3 is 9.47 Å². The van der Waals surface area contributed by atoms with Crippen LogP contribution in [0.25, 0.3) is 11.4 Å². The van der Waals surface area contributed by atoms with Crippen LogP contribution in [0.2, 0.25) is 0 Å². The average Bonchev–Trinajstić information content (AvgIpc) is 3.22. The standard InChI is InChI=1S/C19H18N6O/c26-19(16-8-9-20-12-21-16)25-14-6-7-15(25)11-24-17(10-14)22-23-18(24)13-4-2-1-3-5-13/h1-5,8-9,12,14-15H,6-7,10-11H2. The van der Waals surface area contributed by atoms with E-state index in [0.29, 0.717) is 5.69 Å². The van der Waals surface area contributed by atoms with Gasteiger partial charge in [0.1, 0.15) is 17.8 Å². The smallest absolute Gasteiger partial charge is 0.273 e. The van der Waals surface area contributed by atoms with E-state index in [9.17, 15) is 4.79 Å². The van der Waals surface area contributed by atoms with E-state index in [2.05, 4.69) is 24.7 Å². The molecule has 1 amide bonds. The number of aromatic nitrogens is 5. The van der Waals surface area contributed by atoms with Crippen LogP contribution in [0, 0.1) is 0 Å². The molecule has 3 aromatic rings. The number of carbonyl (C=O) groups excluding carboxylic acids is 1. The first kappa shape index (κ1) is 15.2. The number of carbonyl (C=O) groups is 1. The lowest BCUT2D eigenvalue weighted by Crippen LogP contribution is -2.42. The van der Waals surface area contributed by atoms with Gasteiger partial charge in [-0.3, -0.25) is 4.79 Å². The molecule has 2 aromatic heterocycles. The van der Waals surface area contributed by atoms with Crippen LogP contribution in [0.4, 0.5) is 0 Å². The lowest BCUT2D eigenvalue weighted by atomic mass is 10.1. The van der Waals surface area contributed by atoms with E-state index in [1.807, 2.05) is 35.2 Å². The molecule has 2 bridgehead atoms. The van der Waals surface area contributed by atoms with Crippen LogP contribution in [0.5, 0.6) is 0 Å². The highest BCUT2D eigenvalue weighted by atomic mass is 16.2. The van der Waals surface area contributed by atoms with Crippen molar-refractivity contribution in [3.63, 3.8) is 0 Å². The summed E-state index contributed by atoms with van der Waals surface area (Å²) in [5, 5.41) is 8.85. The van der Waals surface area contributed by atoms with Crippen molar-refractivity contribution in [2.24, 2.45) is 0 Å². The first-order valence-corrected chi connectivity index (χ1v) is 8.87. The Hall–Kier alpha value is -3.09. The summed E-state index contributed by atoms with van der Waals surface area (Å²) < 4.78 is 2.18. The molecule has 0 spiro atoms. The molecular formula is C19H18N6O. The molecule has 7 nitrogen and oxygen atoms in total. The van der Waals surface area contributed by atoms with Crippen molar-refractivity contribution in [2.75, 3.05) is 0 Å². The molecule has 1 fully saturated rings. The number of nitrogens with zero attached hydrogens (tertiary/aromatic N) is 6. The monoisotopic (exact) mass is 346 g/mol. The highest BCUT2D eigenvalue weighted by Gasteiger charge is 2.41. The van der Waals surface area contributed by atoms with Crippen LogP contribution >= 0.6 is 0 Å². The summed E-state index contributed by atoms with van der Waals surface area (Å²) in [6, 6.07) is 12.1. The molecule has 0 radical (unpaired) electrons. The molecule has 5 rings (SSSR count). The summed E-state index contributed by atoms with van der Waals surface area (Å²) in [6.45, 7) is 0.722. The third-order valence-corrected chi connectivity index (χ3v) is 5.33. The topological polar surface area (TPSA) is 76.8 Å². The zero-order chi connectivity index (χ0) is 17.5. The molecular weight excluding hydrogens is 328 g/mol.